The Hall–Kier alpha value is -1.95. The van der Waals surface area contributed by atoms with Crippen molar-refractivity contribution in [3.05, 3.63) is 41.3 Å². The Morgan fingerprint density at radius 1 is 1.45 bits per heavy atom. The molecule has 0 bridgehead atoms. The SMILES string of the molecule is CCNC(C)c1ccc(OCc2noc(C)n2)cc1F. The Morgan fingerprint density at radius 3 is 2.85 bits per heavy atom. The summed E-state index contributed by atoms with van der Waals surface area (Å²) < 4.78 is 24.3. The molecule has 0 aliphatic heterocycles. The topological polar surface area (TPSA) is 60.2 Å². The highest BCUT2D eigenvalue weighted by Crippen LogP contribution is 2.22. The van der Waals surface area contributed by atoms with Crippen LogP contribution in [0.1, 0.15) is 37.2 Å². The minimum absolute atomic E-state index is 0.0334. The summed E-state index contributed by atoms with van der Waals surface area (Å²) in [6.45, 7) is 6.55. The second-order valence-electron chi connectivity index (χ2n) is 4.48. The predicted octanol–water partition coefficient (Wildman–Crippen LogP) is 2.77. The zero-order valence-electron chi connectivity index (χ0n) is 11.8. The van der Waals surface area contributed by atoms with Gasteiger partial charge in [0, 0.05) is 24.6 Å². The van der Waals surface area contributed by atoms with E-state index in [1.54, 1.807) is 19.1 Å². The van der Waals surface area contributed by atoms with Crippen molar-refractivity contribution in [1.82, 2.24) is 15.5 Å². The first-order chi connectivity index (χ1) is 9.60. The van der Waals surface area contributed by atoms with Gasteiger partial charge in [-0.25, -0.2) is 4.39 Å². The average molecular weight is 279 g/mol. The summed E-state index contributed by atoms with van der Waals surface area (Å²) in [5.74, 6) is 1.07. The highest BCUT2D eigenvalue weighted by molar-refractivity contribution is 5.30. The lowest BCUT2D eigenvalue weighted by atomic mass is 10.1. The molecule has 2 rings (SSSR count). The molecule has 1 unspecified atom stereocenters. The molecule has 1 heterocycles. The van der Waals surface area contributed by atoms with Crippen molar-refractivity contribution in [2.45, 2.75) is 33.4 Å². The molecule has 0 aliphatic rings. The second-order valence-corrected chi connectivity index (χ2v) is 4.48. The Balaban J connectivity index is 2.01. The largest absolute Gasteiger partial charge is 0.485 e. The molecule has 0 spiro atoms. The van der Waals surface area contributed by atoms with E-state index in [2.05, 4.69) is 15.5 Å². The number of benzene rings is 1. The third-order valence-electron chi connectivity index (χ3n) is 2.89. The van der Waals surface area contributed by atoms with E-state index in [1.165, 1.54) is 6.07 Å². The van der Waals surface area contributed by atoms with Crippen LogP contribution in [0.5, 0.6) is 5.75 Å². The number of nitrogens with one attached hydrogen (secondary N) is 1. The minimum Gasteiger partial charge on any atom is -0.485 e. The lowest BCUT2D eigenvalue weighted by Crippen LogP contribution is -2.18. The van der Waals surface area contributed by atoms with E-state index in [1.807, 2.05) is 13.8 Å². The number of halogens is 1. The number of aryl methyl sites for hydroxylation is 1. The highest BCUT2D eigenvalue weighted by atomic mass is 19.1. The van der Waals surface area contributed by atoms with Crippen LogP contribution in [0.2, 0.25) is 0 Å². The average Bonchev–Trinajstić information content (AvgIpc) is 2.82. The van der Waals surface area contributed by atoms with Gasteiger partial charge in [0.1, 0.15) is 11.6 Å². The van der Waals surface area contributed by atoms with Gasteiger partial charge in [-0.1, -0.05) is 18.1 Å². The monoisotopic (exact) mass is 279 g/mol. The van der Waals surface area contributed by atoms with Gasteiger partial charge in [0.25, 0.3) is 0 Å². The Labute approximate surface area is 117 Å². The smallest absolute Gasteiger partial charge is 0.223 e. The van der Waals surface area contributed by atoms with Crippen molar-refractivity contribution >= 4 is 0 Å². The second kappa shape index (κ2) is 6.47. The first kappa shape index (κ1) is 14.5. The molecule has 1 N–H and O–H groups in total. The first-order valence-electron chi connectivity index (χ1n) is 6.55. The van der Waals surface area contributed by atoms with Gasteiger partial charge in [-0.05, 0) is 19.5 Å². The summed E-state index contributed by atoms with van der Waals surface area (Å²) in [5, 5.41) is 6.88. The number of hydrogen-bond acceptors (Lipinski definition) is 5. The number of rotatable bonds is 6. The van der Waals surface area contributed by atoms with Crippen molar-refractivity contribution in [2.24, 2.45) is 0 Å². The van der Waals surface area contributed by atoms with Crippen molar-refractivity contribution < 1.29 is 13.7 Å². The van der Waals surface area contributed by atoms with E-state index < -0.39 is 0 Å². The summed E-state index contributed by atoms with van der Waals surface area (Å²) in [6.07, 6.45) is 0. The summed E-state index contributed by atoms with van der Waals surface area (Å²) in [4.78, 5) is 4.01. The van der Waals surface area contributed by atoms with E-state index >= 15 is 0 Å². The first-order valence-corrected chi connectivity index (χ1v) is 6.55. The van der Waals surface area contributed by atoms with Gasteiger partial charge in [0.15, 0.2) is 6.61 Å². The third kappa shape index (κ3) is 3.54. The van der Waals surface area contributed by atoms with Crippen molar-refractivity contribution in [1.29, 1.82) is 0 Å². The minimum atomic E-state index is -0.291. The lowest BCUT2D eigenvalue weighted by Gasteiger charge is -2.14. The maximum absolute atomic E-state index is 14.0. The Morgan fingerprint density at radius 2 is 2.25 bits per heavy atom. The molecule has 0 saturated heterocycles. The maximum atomic E-state index is 14.0. The normalized spacial score (nSPS) is 12.4. The van der Waals surface area contributed by atoms with E-state index in [4.69, 9.17) is 9.26 Å². The molecular formula is C14H18FN3O2. The molecular weight excluding hydrogens is 261 g/mol. The number of nitrogens with zero attached hydrogens (tertiary/aromatic N) is 2. The zero-order chi connectivity index (χ0) is 14.5. The summed E-state index contributed by atoms with van der Waals surface area (Å²) >= 11 is 0. The quantitative estimate of drug-likeness (QED) is 0.881. The molecule has 20 heavy (non-hydrogen) atoms. The molecule has 0 amide bonds. The third-order valence-corrected chi connectivity index (χ3v) is 2.89. The standard InChI is InChI=1S/C14H18FN3O2/c1-4-16-9(2)12-6-5-11(7-13(12)15)19-8-14-17-10(3)20-18-14/h5-7,9,16H,4,8H2,1-3H3. The van der Waals surface area contributed by atoms with Crippen LogP contribution in [-0.2, 0) is 6.61 Å². The van der Waals surface area contributed by atoms with Crippen LogP contribution in [-0.4, -0.2) is 16.7 Å². The summed E-state index contributed by atoms with van der Waals surface area (Å²) in [7, 11) is 0. The maximum Gasteiger partial charge on any atom is 0.223 e. The van der Waals surface area contributed by atoms with E-state index in [-0.39, 0.29) is 18.5 Å². The summed E-state index contributed by atoms with van der Waals surface area (Å²) in [6, 6.07) is 4.79. The van der Waals surface area contributed by atoms with Gasteiger partial charge in [0.2, 0.25) is 11.7 Å². The van der Waals surface area contributed by atoms with E-state index in [9.17, 15) is 4.39 Å². The molecule has 0 fully saturated rings. The molecule has 0 radical (unpaired) electrons. The number of aromatic nitrogens is 2. The van der Waals surface area contributed by atoms with Crippen LogP contribution in [0.4, 0.5) is 4.39 Å². The number of ether oxygens (including phenoxy) is 1. The van der Waals surface area contributed by atoms with Gasteiger partial charge in [-0.15, -0.1) is 0 Å². The number of hydrogen-bond donors (Lipinski definition) is 1. The van der Waals surface area contributed by atoms with Crippen molar-refractivity contribution in [2.75, 3.05) is 6.54 Å². The van der Waals surface area contributed by atoms with Gasteiger partial charge in [-0.2, -0.15) is 4.98 Å². The molecule has 0 saturated carbocycles. The highest BCUT2D eigenvalue weighted by Gasteiger charge is 2.11. The predicted molar refractivity (Wildman–Crippen MR) is 71.9 cm³/mol. The Bertz CT molecular complexity index is 571. The van der Waals surface area contributed by atoms with Crippen molar-refractivity contribution in [3.8, 4) is 5.75 Å². The van der Waals surface area contributed by atoms with Crippen LogP contribution in [0, 0.1) is 12.7 Å². The van der Waals surface area contributed by atoms with Crippen LogP contribution >= 0.6 is 0 Å². The van der Waals surface area contributed by atoms with Crippen LogP contribution in [0.15, 0.2) is 22.7 Å². The molecule has 1 aromatic carbocycles. The van der Waals surface area contributed by atoms with Gasteiger partial charge < -0.3 is 14.6 Å². The van der Waals surface area contributed by atoms with Gasteiger partial charge >= 0.3 is 0 Å². The lowest BCUT2D eigenvalue weighted by molar-refractivity contribution is 0.284. The molecule has 1 atom stereocenters. The fourth-order valence-corrected chi connectivity index (χ4v) is 1.91. The fourth-order valence-electron chi connectivity index (χ4n) is 1.91. The Kier molecular flexibility index (Phi) is 4.68. The molecule has 5 nitrogen and oxygen atoms in total. The molecule has 6 heteroatoms. The fraction of sp³-hybridized carbons (Fsp3) is 0.429. The van der Waals surface area contributed by atoms with Crippen molar-refractivity contribution in [3.63, 3.8) is 0 Å². The molecule has 0 aliphatic carbocycles. The molecule has 2 aromatic rings. The van der Waals surface area contributed by atoms with Crippen LogP contribution < -0.4 is 10.1 Å². The summed E-state index contributed by atoms with van der Waals surface area (Å²) in [5.41, 5.74) is 0.620. The van der Waals surface area contributed by atoms with Gasteiger partial charge in [0.05, 0.1) is 0 Å². The zero-order valence-corrected chi connectivity index (χ0v) is 11.8. The molecule has 108 valence electrons. The molecule has 1 aromatic heterocycles. The van der Waals surface area contributed by atoms with Crippen LogP contribution in [0.25, 0.3) is 0 Å². The van der Waals surface area contributed by atoms with Gasteiger partial charge in [-0.3, -0.25) is 0 Å². The van der Waals surface area contributed by atoms with Crippen LogP contribution in [0.3, 0.4) is 0 Å². The van der Waals surface area contributed by atoms with E-state index in [0.717, 1.165) is 6.54 Å². The van der Waals surface area contributed by atoms with E-state index in [0.29, 0.717) is 23.0 Å².